The first-order valence-corrected chi connectivity index (χ1v) is 4.19. The Balaban J connectivity index is 2.66. The Bertz CT molecular complexity index is 216. The zero-order valence-electron chi connectivity index (χ0n) is 6.62. The van der Waals surface area contributed by atoms with Gasteiger partial charge in [-0.25, -0.2) is 0 Å². The van der Waals surface area contributed by atoms with Crippen LogP contribution in [0.15, 0.2) is 24.3 Å². The van der Waals surface area contributed by atoms with Gasteiger partial charge in [-0.3, -0.25) is 0 Å². The molecule has 1 nitrogen and oxygen atoms in total. The van der Waals surface area contributed by atoms with Crippen LogP contribution in [0.1, 0.15) is 11.1 Å². The molecule has 2 heteroatoms. The second-order valence-corrected chi connectivity index (χ2v) is 3.42. The molecule has 0 amide bonds. The van der Waals surface area contributed by atoms with E-state index < -0.39 is 0 Å². The highest BCUT2D eigenvalue weighted by molar-refractivity contribution is 7.80. The van der Waals surface area contributed by atoms with Crippen molar-refractivity contribution in [1.82, 2.24) is 0 Å². The first-order chi connectivity index (χ1) is 5.18. The summed E-state index contributed by atoms with van der Waals surface area (Å²) in [6.45, 7) is 2.07. The molecule has 1 rings (SSSR count). The molecule has 1 aromatic rings. The van der Waals surface area contributed by atoms with Gasteiger partial charge in [-0.15, -0.1) is 0 Å². The van der Waals surface area contributed by atoms with Crippen LogP contribution in [0.5, 0.6) is 0 Å². The number of hydrogen-bond donors (Lipinski definition) is 2. The van der Waals surface area contributed by atoms with Crippen LogP contribution < -0.4 is 5.73 Å². The van der Waals surface area contributed by atoms with Crippen LogP contribution in [0.3, 0.4) is 0 Å². The Hall–Kier alpha value is -0.470. The second-order valence-electron chi connectivity index (χ2n) is 2.76. The van der Waals surface area contributed by atoms with Crippen molar-refractivity contribution < 1.29 is 0 Å². The van der Waals surface area contributed by atoms with Crippen molar-refractivity contribution in [2.45, 2.75) is 18.7 Å². The third kappa shape index (κ3) is 2.95. The molecule has 11 heavy (non-hydrogen) atoms. The summed E-state index contributed by atoms with van der Waals surface area (Å²) in [5.41, 5.74) is 8.05. The van der Waals surface area contributed by atoms with Crippen LogP contribution in [-0.2, 0) is 6.42 Å². The Labute approximate surface area is 73.0 Å². The van der Waals surface area contributed by atoms with E-state index in [1.54, 1.807) is 0 Å². The largest absolute Gasteiger partial charge is 0.319 e. The number of aryl methyl sites for hydroxylation is 1. The summed E-state index contributed by atoms with van der Waals surface area (Å²) >= 11 is 4.11. The summed E-state index contributed by atoms with van der Waals surface area (Å²) in [6.07, 6.45) is 0.837. The van der Waals surface area contributed by atoms with Crippen molar-refractivity contribution in [3.63, 3.8) is 0 Å². The van der Waals surface area contributed by atoms with E-state index in [0.29, 0.717) is 0 Å². The van der Waals surface area contributed by atoms with Crippen molar-refractivity contribution in [3.05, 3.63) is 35.4 Å². The van der Waals surface area contributed by atoms with Gasteiger partial charge in [0.15, 0.2) is 0 Å². The van der Waals surface area contributed by atoms with E-state index >= 15 is 0 Å². The molecule has 1 unspecified atom stereocenters. The average Bonchev–Trinajstić information content (AvgIpc) is 1.93. The zero-order chi connectivity index (χ0) is 8.27. The highest BCUT2D eigenvalue weighted by Crippen LogP contribution is 2.06. The molecule has 0 fully saturated rings. The van der Waals surface area contributed by atoms with Crippen LogP contribution in [0, 0.1) is 6.92 Å². The lowest BCUT2D eigenvalue weighted by Crippen LogP contribution is -2.14. The Morgan fingerprint density at radius 1 is 1.36 bits per heavy atom. The van der Waals surface area contributed by atoms with Crippen LogP contribution >= 0.6 is 12.6 Å². The fraction of sp³-hybridized carbons (Fsp3) is 0.333. The van der Waals surface area contributed by atoms with Crippen LogP contribution in [0.2, 0.25) is 0 Å². The van der Waals surface area contributed by atoms with Crippen LogP contribution in [-0.4, -0.2) is 5.37 Å². The van der Waals surface area contributed by atoms with Gasteiger partial charge in [0.2, 0.25) is 0 Å². The summed E-state index contributed by atoms with van der Waals surface area (Å²) in [7, 11) is 0. The monoisotopic (exact) mass is 167 g/mol. The van der Waals surface area contributed by atoms with Crippen molar-refractivity contribution in [3.8, 4) is 0 Å². The quantitative estimate of drug-likeness (QED) is 0.509. The molecular formula is C9H13NS. The van der Waals surface area contributed by atoms with E-state index in [4.69, 9.17) is 5.73 Å². The third-order valence-electron chi connectivity index (χ3n) is 1.57. The fourth-order valence-electron chi connectivity index (χ4n) is 0.966. The molecule has 0 aromatic heterocycles. The Morgan fingerprint density at radius 2 is 1.91 bits per heavy atom. The van der Waals surface area contributed by atoms with Gasteiger partial charge in [0.05, 0.1) is 5.37 Å². The first kappa shape index (κ1) is 8.62. The normalized spacial score (nSPS) is 13.0. The Kier molecular flexibility index (Phi) is 2.97. The van der Waals surface area contributed by atoms with E-state index in [-0.39, 0.29) is 5.37 Å². The van der Waals surface area contributed by atoms with Gasteiger partial charge in [-0.05, 0) is 18.9 Å². The van der Waals surface area contributed by atoms with Crippen molar-refractivity contribution in [1.29, 1.82) is 0 Å². The molecule has 0 spiro atoms. The molecule has 2 N–H and O–H groups in total. The van der Waals surface area contributed by atoms with Gasteiger partial charge >= 0.3 is 0 Å². The lowest BCUT2D eigenvalue weighted by molar-refractivity contribution is 0.909. The van der Waals surface area contributed by atoms with Crippen molar-refractivity contribution in [2.24, 2.45) is 5.73 Å². The molecule has 0 heterocycles. The fourth-order valence-corrected chi connectivity index (χ4v) is 1.18. The van der Waals surface area contributed by atoms with Gasteiger partial charge in [0, 0.05) is 0 Å². The number of hydrogen-bond acceptors (Lipinski definition) is 2. The highest BCUT2D eigenvalue weighted by atomic mass is 32.1. The molecule has 0 aliphatic carbocycles. The SMILES string of the molecule is Cc1ccc(CC(N)S)cc1. The van der Waals surface area contributed by atoms with Crippen LogP contribution in [0.4, 0.5) is 0 Å². The van der Waals surface area contributed by atoms with Gasteiger partial charge < -0.3 is 5.73 Å². The van der Waals surface area contributed by atoms with Crippen LogP contribution in [0.25, 0.3) is 0 Å². The lowest BCUT2D eigenvalue weighted by atomic mass is 10.1. The number of nitrogens with two attached hydrogens (primary N) is 1. The molecule has 0 aliphatic rings. The topological polar surface area (TPSA) is 26.0 Å². The summed E-state index contributed by atoms with van der Waals surface area (Å²) in [4.78, 5) is 0. The summed E-state index contributed by atoms with van der Waals surface area (Å²) in [6, 6.07) is 8.35. The predicted molar refractivity (Wildman–Crippen MR) is 51.8 cm³/mol. The average molecular weight is 167 g/mol. The molecule has 60 valence electrons. The van der Waals surface area contributed by atoms with E-state index in [9.17, 15) is 0 Å². The maximum absolute atomic E-state index is 5.53. The van der Waals surface area contributed by atoms with Gasteiger partial charge in [-0.2, -0.15) is 12.6 Å². The minimum atomic E-state index is -0.0438. The molecule has 1 atom stereocenters. The van der Waals surface area contributed by atoms with Gasteiger partial charge in [-0.1, -0.05) is 29.8 Å². The lowest BCUT2D eigenvalue weighted by Gasteiger charge is -2.03. The van der Waals surface area contributed by atoms with Gasteiger partial charge in [0.25, 0.3) is 0 Å². The number of benzene rings is 1. The smallest absolute Gasteiger partial charge is 0.0518 e. The van der Waals surface area contributed by atoms with E-state index in [1.807, 2.05) is 0 Å². The maximum Gasteiger partial charge on any atom is 0.0518 e. The molecule has 0 radical (unpaired) electrons. The van der Waals surface area contributed by atoms with Crippen molar-refractivity contribution >= 4 is 12.6 Å². The molecule has 1 aromatic carbocycles. The Morgan fingerprint density at radius 3 is 2.36 bits per heavy atom. The molecule has 0 bridgehead atoms. The zero-order valence-corrected chi connectivity index (χ0v) is 7.51. The molecule has 0 saturated heterocycles. The summed E-state index contributed by atoms with van der Waals surface area (Å²) in [5, 5.41) is -0.0438. The third-order valence-corrected chi connectivity index (χ3v) is 1.75. The van der Waals surface area contributed by atoms with Gasteiger partial charge in [0.1, 0.15) is 0 Å². The minimum Gasteiger partial charge on any atom is -0.319 e. The molecule has 0 aliphatic heterocycles. The minimum absolute atomic E-state index is 0.0438. The first-order valence-electron chi connectivity index (χ1n) is 3.67. The van der Waals surface area contributed by atoms with E-state index in [2.05, 4.69) is 43.8 Å². The summed E-state index contributed by atoms with van der Waals surface area (Å²) in [5.74, 6) is 0. The molecular weight excluding hydrogens is 154 g/mol. The van der Waals surface area contributed by atoms with Crippen molar-refractivity contribution in [2.75, 3.05) is 0 Å². The number of rotatable bonds is 2. The highest BCUT2D eigenvalue weighted by Gasteiger charge is 1.96. The number of thiol groups is 1. The summed E-state index contributed by atoms with van der Waals surface area (Å²) < 4.78 is 0. The standard InChI is InChI=1S/C9H13NS/c1-7-2-4-8(5-3-7)6-9(10)11/h2-5,9,11H,6,10H2,1H3. The second kappa shape index (κ2) is 3.79. The van der Waals surface area contributed by atoms with E-state index in [1.165, 1.54) is 11.1 Å². The predicted octanol–water partition coefficient (Wildman–Crippen LogP) is 1.75. The maximum atomic E-state index is 5.53. The van der Waals surface area contributed by atoms with E-state index in [0.717, 1.165) is 6.42 Å². The molecule has 0 saturated carbocycles.